The monoisotopic (exact) mass is 399 g/mol. The van der Waals surface area contributed by atoms with E-state index in [1.54, 1.807) is 7.11 Å². The molecule has 6 nitrogen and oxygen atoms in total. The van der Waals surface area contributed by atoms with Crippen LogP contribution < -0.4 is 5.32 Å². The first-order chi connectivity index (χ1) is 14.0. The van der Waals surface area contributed by atoms with Gasteiger partial charge in [0.05, 0.1) is 6.61 Å². The molecule has 0 aliphatic carbocycles. The maximum atomic E-state index is 11.4. The van der Waals surface area contributed by atoms with Crippen molar-refractivity contribution < 1.29 is 14.6 Å². The van der Waals surface area contributed by atoms with Gasteiger partial charge in [-0.05, 0) is 61.7 Å². The number of nitrogens with one attached hydrogen (secondary N) is 1. The fraction of sp³-hybridized carbons (Fsp3) is 0.522. The highest BCUT2D eigenvalue weighted by Crippen LogP contribution is 2.42. The molecule has 1 saturated heterocycles. The fourth-order valence-corrected chi connectivity index (χ4v) is 4.72. The third kappa shape index (κ3) is 4.82. The average molecular weight is 400 g/mol. The van der Waals surface area contributed by atoms with Crippen LogP contribution in [0.5, 0.6) is 0 Å². The number of hydrogen-bond donors (Lipinski definition) is 2. The molecule has 0 radical (unpaired) electrons. The van der Waals surface area contributed by atoms with Crippen LogP contribution in [0.25, 0.3) is 0 Å². The number of methoxy groups -OCH3 is 1. The molecule has 2 aromatic rings. The Bertz CT molecular complexity index is 823. The molecule has 2 heterocycles. The Labute approximate surface area is 173 Å². The van der Waals surface area contributed by atoms with Gasteiger partial charge in [0.25, 0.3) is 0 Å². The molecule has 0 saturated carbocycles. The first-order valence-corrected chi connectivity index (χ1v) is 10.4. The number of piperidine rings is 1. The molecule has 0 atom stereocenters. The largest absolute Gasteiger partial charge is 0.465 e. The number of aromatic nitrogens is 1. The van der Waals surface area contributed by atoms with Gasteiger partial charge in [-0.2, -0.15) is 0 Å². The molecule has 1 aromatic carbocycles. The van der Waals surface area contributed by atoms with Gasteiger partial charge in [0, 0.05) is 50.1 Å². The van der Waals surface area contributed by atoms with Gasteiger partial charge >= 0.3 is 6.09 Å². The van der Waals surface area contributed by atoms with Gasteiger partial charge in [0.1, 0.15) is 0 Å². The number of hydrogen-bond acceptors (Lipinski definition) is 3. The maximum Gasteiger partial charge on any atom is 0.409 e. The molecule has 1 aliphatic rings. The van der Waals surface area contributed by atoms with Crippen molar-refractivity contribution in [3.8, 4) is 0 Å². The minimum Gasteiger partial charge on any atom is -0.465 e. The van der Waals surface area contributed by atoms with Crippen molar-refractivity contribution in [2.45, 2.75) is 38.0 Å². The van der Waals surface area contributed by atoms with Crippen molar-refractivity contribution in [1.29, 1.82) is 0 Å². The Morgan fingerprint density at radius 3 is 2.59 bits per heavy atom. The van der Waals surface area contributed by atoms with Crippen molar-refractivity contribution in [2.24, 2.45) is 7.05 Å². The lowest BCUT2D eigenvalue weighted by atomic mass is 9.70. The van der Waals surface area contributed by atoms with Crippen molar-refractivity contribution in [2.75, 3.05) is 38.7 Å². The number of rotatable bonds is 8. The quantitative estimate of drug-likeness (QED) is 0.707. The lowest BCUT2D eigenvalue weighted by Gasteiger charge is -2.43. The Morgan fingerprint density at radius 2 is 2.00 bits per heavy atom. The highest BCUT2D eigenvalue weighted by Gasteiger charge is 2.39. The molecule has 3 rings (SSSR count). The Balaban J connectivity index is 1.80. The summed E-state index contributed by atoms with van der Waals surface area (Å²) in [4.78, 5) is 13.9. The first-order valence-electron chi connectivity index (χ1n) is 10.4. The molecule has 0 bridgehead atoms. The standard InChI is InChI=1S/C23H33N3O3/c1-4-18-7-5-9-20(24-22(27)28)21(18)23(17-29-3)11-15-26(16-12-23)14-10-19-8-6-13-25(19)2/h5-9,13,24H,4,10-12,14-17H2,1-3H3,(H,27,28). The number of anilines is 1. The van der Waals surface area contributed by atoms with E-state index >= 15 is 0 Å². The zero-order valence-corrected chi connectivity index (χ0v) is 17.8. The summed E-state index contributed by atoms with van der Waals surface area (Å²) in [6, 6.07) is 10.2. The van der Waals surface area contributed by atoms with Gasteiger partial charge in [-0.1, -0.05) is 19.1 Å². The highest BCUT2D eigenvalue weighted by molar-refractivity contribution is 5.85. The van der Waals surface area contributed by atoms with Crippen LogP contribution in [0.1, 0.15) is 36.6 Å². The van der Waals surface area contributed by atoms with Crippen LogP contribution in [0.4, 0.5) is 10.5 Å². The summed E-state index contributed by atoms with van der Waals surface area (Å²) in [7, 11) is 3.83. The highest BCUT2D eigenvalue weighted by atomic mass is 16.5. The topological polar surface area (TPSA) is 66.7 Å². The molecule has 1 aromatic heterocycles. The number of amides is 1. The summed E-state index contributed by atoms with van der Waals surface area (Å²) in [6.07, 6.45) is 4.89. The molecule has 6 heteroatoms. The van der Waals surface area contributed by atoms with Crippen LogP contribution in [0.15, 0.2) is 36.5 Å². The maximum absolute atomic E-state index is 11.4. The zero-order valence-electron chi connectivity index (χ0n) is 17.8. The van der Waals surface area contributed by atoms with Gasteiger partial charge in [-0.25, -0.2) is 4.79 Å². The van der Waals surface area contributed by atoms with E-state index in [0.29, 0.717) is 12.3 Å². The minimum absolute atomic E-state index is 0.166. The number of likely N-dealkylation sites (tertiary alicyclic amines) is 1. The normalized spacial score (nSPS) is 16.7. The van der Waals surface area contributed by atoms with E-state index in [1.807, 2.05) is 12.1 Å². The lowest BCUT2D eigenvalue weighted by molar-refractivity contribution is 0.0728. The number of aryl methyl sites for hydroxylation is 2. The van der Waals surface area contributed by atoms with E-state index in [1.165, 1.54) is 11.3 Å². The molecular weight excluding hydrogens is 366 g/mol. The van der Waals surface area contributed by atoms with E-state index in [9.17, 15) is 9.90 Å². The second-order valence-corrected chi connectivity index (χ2v) is 8.04. The second-order valence-electron chi connectivity index (χ2n) is 8.04. The molecule has 1 fully saturated rings. The Kier molecular flexibility index (Phi) is 6.98. The number of ether oxygens (including phenoxy) is 1. The summed E-state index contributed by atoms with van der Waals surface area (Å²) < 4.78 is 7.85. The first kappa shape index (κ1) is 21.4. The smallest absolute Gasteiger partial charge is 0.409 e. The molecule has 1 aliphatic heterocycles. The zero-order chi connectivity index (χ0) is 20.9. The summed E-state index contributed by atoms with van der Waals surface area (Å²) in [6.45, 7) is 5.73. The second kappa shape index (κ2) is 9.46. The van der Waals surface area contributed by atoms with Crippen molar-refractivity contribution in [3.05, 3.63) is 53.3 Å². The van der Waals surface area contributed by atoms with Crippen LogP contribution in [0, 0.1) is 0 Å². The molecule has 0 spiro atoms. The SMILES string of the molecule is CCc1cccc(NC(=O)O)c1C1(COC)CCN(CCc2cccn2C)CC1. The van der Waals surface area contributed by atoms with Gasteiger partial charge in [0.2, 0.25) is 0 Å². The molecule has 2 N–H and O–H groups in total. The van der Waals surface area contributed by atoms with Crippen molar-refractivity contribution in [1.82, 2.24) is 9.47 Å². The average Bonchev–Trinajstić information content (AvgIpc) is 3.12. The van der Waals surface area contributed by atoms with Crippen molar-refractivity contribution in [3.63, 3.8) is 0 Å². The predicted molar refractivity (Wildman–Crippen MR) is 116 cm³/mol. The summed E-state index contributed by atoms with van der Waals surface area (Å²) in [5, 5.41) is 12.0. The van der Waals surface area contributed by atoms with Crippen LogP contribution in [-0.4, -0.2) is 54.0 Å². The Hall–Kier alpha value is -2.31. The van der Waals surface area contributed by atoms with E-state index in [4.69, 9.17) is 4.74 Å². The van der Waals surface area contributed by atoms with Crippen LogP contribution >= 0.6 is 0 Å². The van der Waals surface area contributed by atoms with Gasteiger partial charge < -0.3 is 19.3 Å². The fourth-order valence-electron chi connectivity index (χ4n) is 4.72. The van der Waals surface area contributed by atoms with Crippen LogP contribution in [0.3, 0.4) is 0 Å². The summed E-state index contributed by atoms with van der Waals surface area (Å²) >= 11 is 0. The lowest BCUT2D eigenvalue weighted by Crippen LogP contribution is -2.46. The van der Waals surface area contributed by atoms with Crippen LogP contribution in [-0.2, 0) is 30.0 Å². The van der Waals surface area contributed by atoms with E-state index in [0.717, 1.165) is 50.9 Å². The predicted octanol–water partition coefficient (Wildman–Crippen LogP) is 3.90. The molecule has 29 heavy (non-hydrogen) atoms. The van der Waals surface area contributed by atoms with Gasteiger partial charge in [0.15, 0.2) is 0 Å². The summed E-state index contributed by atoms with van der Waals surface area (Å²) in [5.74, 6) is 0. The number of benzene rings is 1. The van der Waals surface area contributed by atoms with Crippen LogP contribution in [0.2, 0.25) is 0 Å². The van der Waals surface area contributed by atoms with Gasteiger partial charge in [-0.3, -0.25) is 5.32 Å². The van der Waals surface area contributed by atoms with Crippen molar-refractivity contribution >= 4 is 11.8 Å². The van der Waals surface area contributed by atoms with E-state index in [2.05, 4.69) is 53.2 Å². The molecule has 0 unspecified atom stereocenters. The minimum atomic E-state index is -1.02. The third-order valence-electron chi connectivity index (χ3n) is 6.27. The summed E-state index contributed by atoms with van der Waals surface area (Å²) in [5.41, 5.74) is 4.20. The molecule has 158 valence electrons. The Morgan fingerprint density at radius 1 is 1.24 bits per heavy atom. The number of carboxylic acid groups (broad SMARTS) is 1. The number of carbonyl (C=O) groups is 1. The molecular formula is C23H33N3O3. The molecule has 1 amide bonds. The van der Waals surface area contributed by atoms with Gasteiger partial charge in [-0.15, -0.1) is 0 Å². The van der Waals surface area contributed by atoms with E-state index in [-0.39, 0.29) is 5.41 Å². The third-order valence-corrected chi connectivity index (χ3v) is 6.27. The number of nitrogens with zero attached hydrogens (tertiary/aromatic N) is 2. The van der Waals surface area contributed by atoms with E-state index < -0.39 is 6.09 Å².